The van der Waals surface area contributed by atoms with Gasteiger partial charge in [0.15, 0.2) is 11.6 Å². The van der Waals surface area contributed by atoms with Gasteiger partial charge in [-0.2, -0.15) is 13.2 Å². The minimum absolute atomic E-state index is 0.000834. The summed E-state index contributed by atoms with van der Waals surface area (Å²) < 4.78 is 69.6. The summed E-state index contributed by atoms with van der Waals surface area (Å²) in [7, 11) is 0. The van der Waals surface area contributed by atoms with E-state index in [1.165, 1.54) is 25.1 Å². The molecule has 1 aromatic rings. The minimum atomic E-state index is -4.49. The van der Waals surface area contributed by atoms with Crippen LogP contribution in [-0.4, -0.2) is 43.8 Å². The number of carbonyl (C=O) groups is 2. The second-order valence-electron chi connectivity index (χ2n) is 5.79. The maximum Gasteiger partial charge on any atom is 0.401 e. The Morgan fingerprint density at radius 1 is 1.25 bits per heavy atom. The molecule has 1 atom stereocenters. The van der Waals surface area contributed by atoms with Crippen molar-refractivity contribution in [2.45, 2.75) is 32.5 Å². The fraction of sp³-hybridized carbons (Fsp3) is 0.444. The van der Waals surface area contributed by atoms with Crippen molar-refractivity contribution in [3.8, 4) is 0 Å². The Labute approximate surface area is 158 Å². The zero-order valence-corrected chi connectivity index (χ0v) is 15.3. The van der Waals surface area contributed by atoms with Crippen molar-refractivity contribution >= 4 is 17.4 Å². The van der Waals surface area contributed by atoms with Gasteiger partial charge in [-0.25, -0.2) is 13.6 Å². The summed E-state index contributed by atoms with van der Waals surface area (Å²) >= 11 is 0. The summed E-state index contributed by atoms with van der Waals surface area (Å²) in [6.45, 7) is 1.02. The number of nitrogens with one attached hydrogen (secondary N) is 2. The molecule has 0 bridgehead atoms. The van der Waals surface area contributed by atoms with Crippen LogP contribution in [0, 0.1) is 11.6 Å². The van der Waals surface area contributed by atoms with Crippen LogP contribution >= 0.6 is 0 Å². The average molecular weight is 408 g/mol. The van der Waals surface area contributed by atoms with Gasteiger partial charge in [0.05, 0.1) is 13.2 Å². The lowest BCUT2D eigenvalue weighted by molar-refractivity contribution is -0.147. The Morgan fingerprint density at radius 2 is 1.93 bits per heavy atom. The smallest absolute Gasteiger partial charge is 0.401 e. The van der Waals surface area contributed by atoms with E-state index in [0.29, 0.717) is 0 Å². The van der Waals surface area contributed by atoms with Crippen LogP contribution in [0.1, 0.15) is 25.8 Å². The molecule has 0 saturated heterocycles. The zero-order valence-electron chi connectivity index (χ0n) is 15.3. The molecule has 5 nitrogen and oxygen atoms in total. The first kappa shape index (κ1) is 23.5. The maximum absolute atomic E-state index is 14.1. The highest BCUT2D eigenvalue weighted by Gasteiger charge is 2.27. The largest absolute Gasteiger partial charge is 0.464 e. The SMILES string of the molecule is CCOC(=O)[C@H](C/C=C(\CNCC(F)(F)F)c1cccc(F)c1F)NC(C)=O. The number of hydrogen-bond acceptors (Lipinski definition) is 4. The number of esters is 1. The van der Waals surface area contributed by atoms with Crippen LogP contribution in [-0.2, 0) is 14.3 Å². The molecule has 1 aromatic carbocycles. The average Bonchev–Trinajstić information content (AvgIpc) is 2.58. The van der Waals surface area contributed by atoms with Gasteiger partial charge in [0.2, 0.25) is 5.91 Å². The standard InChI is InChI=1S/C18H21F5N2O3/c1-3-28-17(27)15(25-11(2)26)8-7-12(9-24-10-18(21,22)23)13-5-4-6-14(19)16(13)20/h4-7,15,24H,3,8-10H2,1-2H3,(H,25,26)/b12-7+/t15-/m0/s1. The first-order valence-corrected chi connectivity index (χ1v) is 8.39. The highest BCUT2D eigenvalue weighted by Crippen LogP contribution is 2.22. The predicted octanol–water partition coefficient (Wildman–Crippen LogP) is 2.96. The summed E-state index contributed by atoms with van der Waals surface area (Å²) in [5.41, 5.74) is -0.249. The lowest BCUT2D eigenvalue weighted by atomic mass is 10.0. The van der Waals surface area contributed by atoms with Crippen LogP contribution in [0.5, 0.6) is 0 Å². The van der Waals surface area contributed by atoms with E-state index < -0.39 is 48.8 Å². The zero-order chi connectivity index (χ0) is 21.3. The van der Waals surface area contributed by atoms with E-state index in [4.69, 9.17) is 4.74 Å². The number of alkyl halides is 3. The van der Waals surface area contributed by atoms with E-state index in [2.05, 4.69) is 10.6 Å². The first-order chi connectivity index (χ1) is 13.0. The van der Waals surface area contributed by atoms with Gasteiger partial charge < -0.3 is 15.4 Å². The summed E-state index contributed by atoms with van der Waals surface area (Å²) in [4.78, 5) is 23.2. The highest BCUT2D eigenvalue weighted by atomic mass is 19.4. The quantitative estimate of drug-likeness (QED) is 0.487. The van der Waals surface area contributed by atoms with Gasteiger partial charge in [-0.15, -0.1) is 0 Å². The van der Waals surface area contributed by atoms with Crippen molar-refractivity contribution in [2.75, 3.05) is 19.7 Å². The van der Waals surface area contributed by atoms with Crippen molar-refractivity contribution in [1.29, 1.82) is 0 Å². The number of hydrogen-bond donors (Lipinski definition) is 2. The molecule has 0 spiro atoms. The number of halogens is 5. The molecule has 0 aromatic heterocycles. The third-order valence-electron chi connectivity index (χ3n) is 3.49. The van der Waals surface area contributed by atoms with E-state index in [1.807, 2.05) is 0 Å². The molecule has 28 heavy (non-hydrogen) atoms. The first-order valence-electron chi connectivity index (χ1n) is 8.39. The van der Waals surface area contributed by atoms with Crippen LogP contribution in [0.2, 0.25) is 0 Å². The Morgan fingerprint density at radius 3 is 2.50 bits per heavy atom. The lowest BCUT2D eigenvalue weighted by Gasteiger charge is -2.17. The molecule has 0 aliphatic heterocycles. The van der Waals surface area contributed by atoms with Crippen molar-refractivity contribution in [2.24, 2.45) is 0 Å². The third kappa shape index (κ3) is 8.03. The second kappa shape index (κ2) is 10.7. The molecule has 0 saturated carbocycles. The summed E-state index contributed by atoms with van der Waals surface area (Å²) in [6, 6.07) is 2.17. The van der Waals surface area contributed by atoms with Crippen molar-refractivity contribution < 1.29 is 36.3 Å². The van der Waals surface area contributed by atoms with Crippen molar-refractivity contribution in [3.05, 3.63) is 41.5 Å². The van der Waals surface area contributed by atoms with Crippen molar-refractivity contribution in [3.63, 3.8) is 0 Å². The molecule has 1 rings (SSSR count). The predicted molar refractivity (Wildman–Crippen MR) is 92.1 cm³/mol. The summed E-state index contributed by atoms with van der Waals surface area (Å²) in [5, 5.41) is 4.45. The van der Waals surface area contributed by atoms with Gasteiger partial charge in [0.1, 0.15) is 6.04 Å². The van der Waals surface area contributed by atoms with Crippen LogP contribution in [0.15, 0.2) is 24.3 Å². The van der Waals surface area contributed by atoms with Crippen LogP contribution < -0.4 is 10.6 Å². The molecule has 1 amide bonds. The Bertz CT molecular complexity index is 720. The second-order valence-corrected chi connectivity index (χ2v) is 5.79. The molecule has 0 aliphatic carbocycles. The van der Waals surface area contributed by atoms with Crippen LogP contribution in [0.3, 0.4) is 0 Å². The molecule has 0 unspecified atom stereocenters. The van der Waals surface area contributed by atoms with Gasteiger partial charge in [-0.05, 0) is 25.0 Å². The summed E-state index contributed by atoms with van der Waals surface area (Å²) in [6.07, 6.45) is -3.41. The molecule has 156 valence electrons. The van der Waals surface area contributed by atoms with E-state index in [9.17, 15) is 31.5 Å². The number of benzene rings is 1. The topological polar surface area (TPSA) is 67.4 Å². The van der Waals surface area contributed by atoms with Gasteiger partial charge in [0.25, 0.3) is 0 Å². The number of carbonyl (C=O) groups excluding carboxylic acids is 2. The van der Waals surface area contributed by atoms with Gasteiger partial charge in [-0.1, -0.05) is 18.2 Å². The number of rotatable bonds is 9. The lowest BCUT2D eigenvalue weighted by Crippen LogP contribution is -2.40. The fourth-order valence-corrected chi connectivity index (χ4v) is 2.33. The van der Waals surface area contributed by atoms with Crippen molar-refractivity contribution in [1.82, 2.24) is 10.6 Å². The van der Waals surface area contributed by atoms with E-state index in [-0.39, 0.29) is 24.2 Å². The monoisotopic (exact) mass is 408 g/mol. The molecule has 0 aliphatic rings. The van der Waals surface area contributed by atoms with Crippen LogP contribution in [0.4, 0.5) is 22.0 Å². The molecule has 10 heteroatoms. The molecular weight excluding hydrogens is 387 g/mol. The van der Waals surface area contributed by atoms with Gasteiger partial charge >= 0.3 is 12.1 Å². The maximum atomic E-state index is 14.1. The summed E-state index contributed by atoms with van der Waals surface area (Å²) in [5.74, 6) is -3.67. The fourth-order valence-electron chi connectivity index (χ4n) is 2.33. The highest BCUT2D eigenvalue weighted by molar-refractivity contribution is 5.83. The molecule has 0 fully saturated rings. The molecule has 0 radical (unpaired) electrons. The minimum Gasteiger partial charge on any atom is -0.464 e. The Balaban J connectivity index is 3.11. The van der Waals surface area contributed by atoms with E-state index >= 15 is 0 Å². The molecule has 2 N–H and O–H groups in total. The normalized spacial score (nSPS) is 13.2. The Kier molecular flexibility index (Phi) is 9.04. The third-order valence-corrected chi connectivity index (χ3v) is 3.49. The van der Waals surface area contributed by atoms with E-state index in [0.717, 1.165) is 6.07 Å². The van der Waals surface area contributed by atoms with Gasteiger partial charge in [0, 0.05) is 19.0 Å². The Hall–Kier alpha value is -2.49. The van der Waals surface area contributed by atoms with Crippen LogP contribution in [0.25, 0.3) is 5.57 Å². The molecule has 0 heterocycles. The molecular formula is C18H21F5N2O3. The number of ether oxygens (including phenoxy) is 1. The van der Waals surface area contributed by atoms with E-state index in [1.54, 1.807) is 6.92 Å². The number of amides is 1. The van der Waals surface area contributed by atoms with Gasteiger partial charge in [-0.3, -0.25) is 4.79 Å².